The molecule has 0 amide bonds. The number of hydrogen-bond donors (Lipinski definition) is 3. The predicted molar refractivity (Wildman–Crippen MR) is 79.4 cm³/mol. The minimum atomic E-state index is -0.879. The molecule has 0 saturated carbocycles. The first-order valence-electron chi connectivity index (χ1n) is 6.42. The first-order chi connectivity index (χ1) is 10.1. The van der Waals surface area contributed by atoms with E-state index < -0.39 is 5.97 Å². The van der Waals surface area contributed by atoms with Gasteiger partial charge in [-0.25, -0.2) is 0 Å². The van der Waals surface area contributed by atoms with Crippen molar-refractivity contribution >= 4 is 17.9 Å². The van der Waals surface area contributed by atoms with Gasteiger partial charge in [-0.1, -0.05) is 18.2 Å². The minimum absolute atomic E-state index is 0.0138. The van der Waals surface area contributed by atoms with Crippen molar-refractivity contribution in [3.05, 3.63) is 53.6 Å². The lowest BCUT2D eigenvalue weighted by atomic mass is 10.1. The second-order valence-electron chi connectivity index (χ2n) is 4.53. The molecule has 0 heterocycles. The fourth-order valence-electron chi connectivity index (χ4n) is 1.82. The Morgan fingerprint density at radius 3 is 2.52 bits per heavy atom. The minimum Gasteiger partial charge on any atom is -0.507 e. The Hall–Kier alpha value is -2.82. The average molecular weight is 285 g/mol. The van der Waals surface area contributed by atoms with Gasteiger partial charge in [0.25, 0.3) is 0 Å². The molecule has 0 radical (unpaired) electrons. The Bertz CT molecular complexity index is 680. The van der Waals surface area contributed by atoms with E-state index in [4.69, 9.17) is 5.11 Å². The lowest BCUT2D eigenvalue weighted by Gasteiger charge is -2.03. The molecular weight excluding hydrogens is 270 g/mol. The van der Waals surface area contributed by atoms with Crippen molar-refractivity contribution in [1.82, 2.24) is 0 Å². The van der Waals surface area contributed by atoms with Gasteiger partial charge in [0.1, 0.15) is 17.2 Å². The van der Waals surface area contributed by atoms with Crippen molar-refractivity contribution in [2.75, 3.05) is 0 Å². The molecule has 2 aromatic carbocycles. The summed E-state index contributed by atoms with van der Waals surface area (Å²) in [7, 11) is 0. The molecule has 21 heavy (non-hydrogen) atoms. The van der Waals surface area contributed by atoms with E-state index in [1.807, 2.05) is 0 Å². The highest BCUT2D eigenvalue weighted by atomic mass is 16.4. The summed E-state index contributed by atoms with van der Waals surface area (Å²) in [6, 6.07) is 11.6. The number of carbonyl (C=O) groups is 1. The molecule has 0 unspecified atom stereocenters. The number of hydrogen-bond acceptors (Lipinski definition) is 4. The summed E-state index contributed by atoms with van der Waals surface area (Å²) in [5, 5.41) is 28.1. The van der Waals surface area contributed by atoms with Crippen LogP contribution in [0.15, 0.2) is 47.5 Å². The van der Waals surface area contributed by atoms with Crippen LogP contribution in [0.5, 0.6) is 11.5 Å². The third kappa shape index (κ3) is 4.07. The molecule has 0 atom stereocenters. The number of phenols is 2. The largest absolute Gasteiger partial charge is 0.507 e. The van der Waals surface area contributed by atoms with Gasteiger partial charge >= 0.3 is 5.97 Å². The highest BCUT2D eigenvalue weighted by Gasteiger charge is 2.04. The fraction of sp³-hybridized carbons (Fsp3) is 0.125. The molecule has 5 heteroatoms. The van der Waals surface area contributed by atoms with E-state index in [0.29, 0.717) is 17.7 Å². The second-order valence-corrected chi connectivity index (χ2v) is 4.53. The van der Waals surface area contributed by atoms with Crippen LogP contribution in [0.25, 0.3) is 0 Å². The second kappa shape index (κ2) is 6.56. The molecule has 0 saturated heterocycles. The first kappa shape index (κ1) is 14.6. The molecule has 108 valence electrons. The van der Waals surface area contributed by atoms with Crippen LogP contribution in [0, 0.1) is 0 Å². The topological polar surface area (TPSA) is 90.1 Å². The number of carboxylic acids is 1. The van der Waals surface area contributed by atoms with Crippen LogP contribution in [0.3, 0.4) is 0 Å². The van der Waals surface area contributed by atoms with Gasteiger partial charge in [0.05, 0.1) is 0 Å². The summed E-state index contributed by atoms with van der Waals surface area (Å²) < 4.78 is 0. The van der Waals surface area contributed by atoms with Crippen LogP contribution >= 0.6 is 0 Å². The number of benzene rings is 2. The van der Waals surface area contributed by atoms with Crippen LogP contribution in [0.2, 0.25) is 0 Å². The summed E-state index contributed by atoms with van der Waals surface area (Å²) in [5.74, 6) is -0.792. The zero-order valence-corrected chi connectivity index (χ0v) is 11.2. The van der Waals surface area contributed by atoms with Crippen molar-refractivity contribution in [2.45, 2.75) is 12.8 Å². The summed E-state index contributed by atoms with van der Waals surface area (Å²) in [6.45, 7) is 0. The standard InChI is InChI=1S/C16H15NO4/c18-14-4-2-1-3-12(14)10-17-13-7-5-11(9-15(13)19)6-8-16(20)21/h1-5,7,9-10,18-19H,6,8H2,(H,20,21). The number of aliphatic imine (C=N–C) groups is 1. The van der Waals surface area contributed by atoms with E-state index >= 15 is 0 Å². The van der Waals surface area contributed by atoms with Crippen molar-refractivity contribution in [3.8, 4) is 11.5 Å². The third-order valence-electron chi connectivity index (χ3n) is 2.95. The van der Waals surface area contributed by atoms with Gasteiger partial charge in [-0.15, -0.1) is 0 Å². The Morgan fingerprint density at radius 2 is 1.86 bits per heavy atom. The lowest BCUT2D eigenvalue weighted by molar-refractivity contribution is -0.136. The van der Waals surface area contributed by atoms with Gasteiger partial charge in [0, 0.05) is 18.2 Å². The van der Waals surface area contributed by atoms with E-state index in [-0.39, 0.29) is 17.9 Å². The van der Waals surface area contributed by atoms with Crippen molar-refractivity contribution in [2.24, 2.45) is 4.99 Å². The van der Waals surface area contributed by atoms with E-state index in [1.165, 1.54) is 12.3 Å². The Morgan fingerprint density at radius 1 is 1.10 bits per heavy atom. The molecule has 0 aliphatic carbocycles. The third-order valence-corrected chi connectivity index (χ3v) is 2.95. The number of aromatic hydroxyl groups is 2. The van der Waals surface area contributed by atoms with Gasteiger partial charge in [-0.2, -0.15) is 0 Å². The van der Waals surface area contributed by atoms with Crippen LogP contribution in [-0.2, 0) is 11.2 Å². The molecule has 0 aliphatic rings. The van der Waals surface area contributed by atoms with E-state index in [0.717, 1.165) is 5.56 Å². The van der Waals surface area contributed by atoms with Crippen molar-refractivity contribution in [3.63, 3.8) is 0 Å². The number of carboxylic acid groups (broad SMARTS) is 1. The van der Waals surface area contributed by atoms with Gasteiger partial charge in [-0.05, 0) is 36.2 Å². The van der Waals surface area contributed by atoms with Crippen molar-refractivity contribution in [1.29, 1.82) is 0 Å². The van der Waals surface area contributed by atoms with Crippen molar-refractivity contribution < 1.29 is 20.1 Å². The smallest absolute Gasteiger partial charge is 0.303 e. The Balaban J connectivity index is 2.14. The summed E-state index contributed by atoms with van der Waals surface area (Å²) in [5.41, 5.74) is 1.64. The highest BCUT2D eigenvalue weighted by molar-refractivity contribution is 5.85. The zero-order chi connectivity index (χ0) is 15.2. The zero-order valence-electron chi connectivity index (χ0n) is 11.2. The monoisotopic (exact) mass is 285 g/mol. The molecule has 2 aromatic rings. The number of aryl methyl sites for hydroxylation is 1. The van der Waals surface area contributed by atoms with Gasteiger partial charge in [0.15, 0.2) is 0 Å². The Kier molecular flexibility index (Phi) is 4.56. The van der Waals surface area contributed by atoms with Crippen LogP contribution in [0.4, 0.5) is 5.69 Å². The molecule has 0 fully saturated rings. The molecule has 2 rings (SSSR count). The summed E-state index contributed by atoms with van der Waals surface area (Å²) in [4.78, 5) is 14.6. The van der Waals surface area contributed by atoms with Crippen LogP contribution in [-0.4, -0.2) is 27.5 Å². The van der Waals surface area contributed by atoms with Gasteiger partial charge < -0.3 is 15.3 Å². The maximum absolute atomic E-state index is 10.5. The molecule has 0 aliphatic heterocycles. The number of nitrogens with zero attached hydrogens (tertiary/aromatic N) is 1. The first-order valence-corrected chi connectivity index (χ1v) is 6.42. The lowest BCUT2D eigenvalue weighted by Crippen LogP contribution is -1.97. The van der Waals surface area contributed by atoms with Gasteiger partial charge in [0.2, 0.25) is 0 Å². The van der Waals surface area contributed by atoms with E-state index in [1.54, 1.807) is 36.4 Å². The summed E-state index contributed by atoms with van der Waals surface area (Å²) >= 11 is 0. The molecule has 3 N–H and O–H groups in total. The quantitative estimate of drug-likeness (QED) is 0.737. The maximum Gasteiger partial charge on any atom is 0.303 e. The molecular formula is C16H15NO4. The number of aliphatic carboxylic acids is 1. The fourth-order valence-corrected chi connectivity index (χ4v) is 1.82. The highest BCUT2D eigenvalue weighted by Crippen LogP contribution is 2.28. The Labute approximate surface area is 121 Å². The number of phenolic OH excluding ortho intramolecular Hbond substituents is 2. The molecule has 5 nitrogen and oxygen atoms in total. The van der Waals surface area contributed by atoms with Crippen LogP contribution in [0.1, 0.15) is 17.5 Å². The predicted octanol–water partition coefficient (Wildman–Crippen LogP) is 2.87. The molecule has 0 spiro atoms. The SMILES string of the molecule is O=C(O)CCc1ccc(N=Cc2ccccc2O)c(O)c1. The average Bonchev–Trinajstić information content (AvgIpc) is 2.45. The maximum atomic E-state index is 10.5. The summed E-state index contributed by atoms with van der Waals surface area (Å²) in [6.07, 6.45) is 1.83. The number of rotatable bonds is 5. The van der Waals surface area contributed by atoms with Crippen LogP contribution < -0.4 is 0 Å². The normalized spacial score (nSPS) is 10.9. The van der Waals surface area contributed by atoms with Gasteiger partial charge in [-0.3, -0.25) is 9.79 Å². The van der Waals surface area contributed by atoms with E-state index in [2.05, 4.69) is 4.99 Å². The van der Waals surface area contributed by atoms with E-state index in [9.17, 15) is 15.0 Å². The molecule has 0 aromatic heterocycles. The molecule has 0 bridgehead atoms. The number of para-hydroxylation sites is 1.